The van der Waals surface area contributed by atoms with Gasteiger partial charge in [-0.3, -0.25) is 9.59 Å². The van der Waals surface area contributed by atoms with E-state index in [9.17, 15) is 9.59 Å². The minimum Gasteiger partial charge on any atom is -0.341 e. The first kappa shape index (κ1) is 20.1. The van der Waals surface area contributed by atoms with E-state index in [1.807, 2.05) is 36.2 Å². The van der Waals surface area contributed by atoms with Gasteiger partial charge in [0, 0.05) is 18.0 Å². The second-order valence-electron chi connectivity index (χ2n) is 6.45. The molecule has 7 heteroatoms. The maximum atomic E-state index is 12.7. The molecule has 0 unspecified atom stereocenters. The Morgan fingerprint density at radius 3 is 2.72 bits per heavy atom. The van der Waals surface area contributed by atoms with E-state index in [4.69, 9.17) is 0 Å². The highest BCUT2D eigenvalue weighted by molar-refractivity contribution is 8.00. The van der Waals surface area contributed by atoms with Gasteiger partial charge in [0.25, 0.3) is 0 Å². The van der Waals surface area contributed by atoms with Gasteiger partial charge >= 0.3 is 0 Å². The molecule has 0 aliphatic carbocycles. The zero-order chi connectivity index (χ0) is 16.9. The lowest BCUT2D eigenvalue weighted by atomic mass is 9.93. The number of nitrogens with one attached hydrogen (secondary N) is 1. The Morgan fingerprint density at radius 2 is 2.00 bits per heavy atom. The Hall–Kier alpha value is -1.24. The number of nitrogens with zero attached hydrogens (tertiary/aromatic N) is 2. The predicted octanol–water partition coefficient (Wildman–Crippen LogP) is 2.40. The number of halogens is 1. The zero-order valence-corrected chi connectivity index (χ0v) is 16.2. The van der Waals surface area contributed by atoms with E-state index in [-0.39, 0.29) is 30.8 Å². The van der Waals surface area contributed by atoms with Crippen molar-refractivity contribution in [3.63, 3.8) is 0 Å². The first-order chi connectivity index (χ1) is 11.7. The van der Waals surface area contributed by atoms with Crippen LogP contribution in [0.2, 0.25) is 0 Å². The third kappa shape index (κ3) is 4.90. The van der Waals surface area contributed by atoms with Crippen LogP contribution in [0.5, 0.6) is 0 Å². The van der Waals surface area contributed by atoms with Crippen LogP contribution in [0.3, 0.4) is 0 Å². The first-order valence-corrected chi connectivity index (χ1v) is 9.62. The van der Waals surface area contributed by atoms with Crippen molar-refractivity contribution in [2.45, 2.75) is 24.2 Å². The number of piperidine rings is 1. The van der Waals surface area contributed by atoms with Crippen molar-refractivity contribution in [3.8, 4) is 0 Å². The van der Waals surface area contributed by atoms with E-state index in [0.717, 1.165) is 43.1 Å². The van der Waals surface area contributed by atoms with Gasteiger partial charge in [0.1, 0.15) is 6.54 Å². The summed E-state index contributed by atoms with van der Waals surface area (Å²) in [6.45, 7) is 2.82. The second kappa shape index (κ2) is 9.46. The maximum Gasteiger partial charge on any atom is 0.242 e. The van der Waals surface area contributed by atoms with Gasteiger partial charge in [0.05, 0.1) is 11.4 Å². The van der Waals surface area contributed by atoms with Crippen LogP contribution in [-0.4, -0.2) is 55.7 Å². The lowest BCUT2D eigenvalue weighted by Gasteiger charge is -2.35. The average molecular weight is 384 g/mol. The SMILES string of the molecule is CNCCC1CCN(C(=O)CN2C(=O)CSc3ccccc32)CC1.Cl. The molecular weight excluding hydrogens is 358 g/mol. The van der Waals surface area contributed by atoms with Gasteiger partial charge in [-0.1, -0.05) is 12.1 Å². The van der Waals surface area contributed by atoms with Crippen LogP contribution in [0.4, 0.5) is 5.69 Å². The summed E-state index contributed by atoms with van der Waals surface area (Å²) in [6.07, 6.45) is 3.30. The highest BCUT2D eigenvalue weighted by Crippen LogP contribution is 2.34. The third-order valence-electron chi connectivity index (χ3n) is 4.87. The zero-order valence-electron chi connectivity index (χ0n) is 14.6. The summed E-state index contributed by atoms with van der Waals surface area (Å²) < 4.78 is 0. The monoisotopic (exact) mass is 383 g/mol. The number of benzene rings is 1. The van der Waals surface area contributed by atoms with Crippen molar-refractivity contribution in [3.05, 3.63) is 24.3 Å². The number of hydrogen-bond donors (Lipinski definition) is 1. The van der Waals surface area contributed by atoms with Crippen LogP contribution in [0, 0.1) is 5.92 Å². The molecule has 0 atom stereocenters. The summed E-state index contributed by atoms with van der Waals surface area (Å²) in [5.74, 6) is 1.21. The van der Waals surface area contributed by atoms with Gasteiger partial charge in [0.2, 0.25) is 11.8 Å². The topological polar surface area (TPSA) is 52.7 Å². The molecule has 0 aromatic heterocycles. The van der Waals surface area contributed by atoms with Crippen molar-refractivity contribution in [2.75, 3.05) is 43.9 Å². The summed E-state index contributed by atoms with van der Waals surface area (Å²) in [4.78, 5) is 29.6. The summed E-state index contributed by atoms with van der Waals surface area (Å²) in [5.41, 5.74) is 0.871. The fourth-order valence-electron chi connectivity index (χ4n) is 3.38. The predicted molar refractivity (Wildman–Crippen MR) is 105 cm³/mol. The van der Waals surface area contributed by atoms with Gasteiger partial charge in [-0.05, 0) is 50.9 Å². The van der Waals surface area contributed by atoms with Crippen LogP contribution >= 0.6 is 24.2 Å². The summed E-state index contributed by atoms with van der Waals surface area (Å²) in [5, 5.41) is 3.19. The third-order valence-corrected chi connectivity index (χ3v) is 5.92. The quantitative estimate of drug-likeness (QED) is 0.848. The summed E-state index contributed by atoms with van der Waals surface area (Å²) in [7, 11) is 1.98. The molecule has 3 rings (SSSR count). The number of carbonyl (C=O) groups excluding carboxylic acids is 2. The van der Waals surface area contributed by atoms with Gasteiger partial charge in [-0.15, -0.1) is 24.2 Å². The molecule has 1 N–H and O–H groups in total. The van der Waals surface area contributed by atoms with Crippen LogP contribution in [-0.2, 0) is 9.59 Å². The molecule has 2 aliphatic rings. The van der Waals surface area contributed by atoms with Crippen molar-refractivity contribution in [2.24, 2.45) is 5.92 Å². The molecule has 25 heavy (non-hydrogen) atoms. The molecule has 0 spiro atoms. The molecule has 2 amide bonds. The number of para-hydroxylation sites is 1. The van der Waals surface area contributed by atoms with Crippen LogP contribution in [0.15, 0.2) is 29.2 Å². The number of rotatable bonds is 5. The standard InChI is InChI=1S/C18H25N3O2S.ClH/c1-19-9-6-14-7-10-20(11-8-14)17(22)12-21-15-4-2-3-5-16(15)24-13-18(21)23;/h2-5,14,19H,6-13H2,1H3;1H. The number of carbonyl (C=O) groups is 2. The van der Waals surface area contributed by atoms with Crippen molar-refractivity contribution < 1.29 is 9.59 Å². The van der Waals surface area contributed by atoms with Gasteiger partial charge < -0.3 is 15.1 Å². The number of fused-ring (bicyclic) bond motifs is 1. The molecular formula is C18H26ClN3O2S. The number of thioether (sulfide) groups is 1. The molecule has 5 nitrogen and oxygen atoms in total. The molecule has 1 aromatic carbocycles. The Morgan fingerprint density at radius 1 is 1.28 bits per heavy atom. The van der Waals surface area contributed by atoms with Crippen LogP contribution < -0.4 is 10.2 Å². The number of hydrogen-bond acceptors (Lipinski definition) is 4. The molecule has 1 aromatic rings. The lowest BCUT2D eigenvalue weighted by molar-refractivity contribution is -0.132. The van der Waals surface area contributed by atoms with E-state index < -0.39 is 0 Å². The van der Waals surface area contributed by atoms with Crippen molar-refractivity contribution >= 4 is 41.7 Å². The normalized spacial score (nSPS) is 17.9. The highest BCUT2D eigenvalue weighted by atomic mass is 35.5. The Bertz CT molecular complexity index is 606. The van der Waals surface area contributed by atoms with E-state index in [0.29, 0.717) is 11.7 Å². The van der Waals surface area contributed by atoms with Gasteiger partial charge in [-0.2, -0.15) is 0 Å². The fourth-order valence-corrected chi connectivity index (χ4v) is 4.32. The molecule has 138 valence electrons. The molecule has 0 bridgehead atoms. The molecule has 0 radical (unpaired) electrons. The minimum atomic E-state index is 0. The Kier molecular flexibility index (Phi) is 7.59. The largest absolute Gasteiger partial charge is 0.341 e. The number of anilines is 1. The van der Waals surface area contributed by atoms with Crippen molar-refractivity contribution in [1.82, 2.24) is 10.2 Å². The molecule has 2 aliphatic heterocycles. The van der Waals surface area contributed by atoms with Gasteiger partial charge in [-0.25, -0.2) is 0 Å². The molecule has 1 saturated heterocycles. The first-order valence-electron chi connectivity index (χ1n) is 8.63. The second-order valence-corrected chi connectivity index (χ2v) is 7.47. The average Bonchev–Trinajstić information content (AvgIpc) is 2.62. The van der Waals surface area contributed by atoms with E-state index >= 15 is 0 Å². The van der Waals surface area contributed by atoms with E-state index in [1.54, 1.807) is 16.7 Å². The van der Waals surface area contributed by atoms with E-state index in [2.05, 4.69) is 5.32 Å². The highest BCUT2D eigenvalue weighted by Gasteiger charge is 2.29. The Balaban J connectivity index is 0.00000225. The van der Waals surface area contributed by atoms with Gasteiger partial charge in [0.15, 0.2) is 0 Å². The Labute approximate surface area is 159 Å². The molecule has 0 saturated carbocycles. The lowest BCUT2D eigenvalue weighted by Crippen LogP contribution is -2.47. The minimum absolute atomic E-state index is 0. The van der Waals surface area contributed by atoms with Crippen LogP contribution in [0.1, 0.15) is 19.3 Å². The number of likely N-dealkylation sites (tertiary alicyclic amines) is 1. The van der Waals surface area contributed by atoms with E-state index in [1.165, 1.54) is 6.42 Å². The van der Waals surface area contributed by atoms with Crippen molar-refractivity contribution in [1.29, 1.82) is 0 Å². The fraction of sp³-hybridized carbons (Fsp3) is 0.556. The number of amides is 2. The smallest absolute Gasteiger partial charge is 0.242 e. The maximum absolute atomic E-state index is 12.7. The summed E-state index contributed by atoms with van der Waals surface area (Å²) >= 11 is 1.55. The summed E-state index contributed by atoms with van der Waals surface area (Å²) in [6, 6.07) is 7.83. The molecule has 1 fully saturated rings. The van der Waals surface area contributed by atoms with Crippen LogP contribution in [0.25, 0.3) is 0 Å². The molecule has 2 heterocycles.